The minimum absolute atomic E-state index is 0.0384. The minimum Gasteiger partial charge on any atom is -0.407 e. The third kappa shape index (κ3) is 2.55. The Labute approximate surface area is 169 Å². The first-order valence-corrected chi connectivity index (χ1v) is 9.93. The van der Waals surface area contributed by atoms with Crippen LogP contribution in [0.5, 0.6) is 0 Å². The largest absolute Gasteiger partial charge is 0.407 e. The first-order valence-electron chi connectivity index (χ1n) is 9.93. The van der Waals surface area contributed by atoms with E-state index >= 15 is 0 Å². The summed E-state index contributed by atoms with van der Waals surface area (Å²) in [5.74, 6) is 0.638. The molecule has 0 amide bonds. The molecule has 1 fully saturated rings. The lowest BCUT2D eigenvalue weighted by Gasteiger charge is -2.32. The first-order chi connectivity index (χ1) is 14.5. The number of alkyl halides is 2. The molecule has 10 heteroatoms. The summed E-state index contributed by atoms with van der Waals surface area (Å²) in [5, 5.41) is 13.2. The summed E-state index contributed by atoms with van der Waals surface area (Å²) in [6.07, 6.45) is 3.53. The van der Waals surface area contributed by atoms with Gasteiger partial charge in [-0.05, 0) is 31.0 Å². The molecule has 1 atom stereocenters. The third-order valence-electron chi connectivity index (χ3n) is 6.17. The molecule has 154 valence electrons. The van der Waals surface area contributed by atoms with Crippen molar-refractivity contribution in [1.29, 1.82) is 0 Å². The van der Waals surface area contributed by atoms with Crippen LogP contribution in [0.1, 0.15) is 60.8 Å². The molecule has 0 spiro atoms. The summed E-state index contributed by atoms with van der Waals surface area (Å²) in [6.45, 7) is 2.73. The Morgan fingerprint density at radius 1 is 1.30 bits per heavy atom. The second kappa shape index (κ2) is 6.10. The van der Waals surface area contributed by atoms with Crippen LogP contribution in [0, 0.1) is 0 Å². The Morgan fingerprint density at radius 3 is 2.97 bits per heavy atom. The van der Waals surface area contributed by atoms with E-state index in [1.165, 1.54) is 10.6 Å². The van der Waals surface area contributed by atoms with Crippen LogP contribution in [0.4, 0.5) is 14.8 Å². The number of halogens is 2. The van der Waals surface area contributed by atoms with Gasteiger partial charge >= 0.3 is 6.01 Å². The van der Waals surface area contributed by atoms with E-state index in [0.717, 1.165) is 30.7 Å². The molecule has 0 aromatic carbocycles. The maximum absolute atomic E-state index is 13.5. The van der Waals surface area contributed by atoms with Crippen molar-refractivity contribution >= 4 is 11.5 Å². The molecule has 0 bridgehead atoms. The number of anilines is 1. The molecular weight excluding hydrogens is 392 g/mol. The summed E-state index contributed by atoms with van der Waals surface area (Å²) >= 11 is 0. The van der Waals surface area contributed by atoms with Crippen LogP contribution in [-0.2, 0) is 11.8 Å². The normalized spacial score (nSPS) is 20.1. The van der Waals surface area contributed by atoms with Gasteiger partial charge in [0.15, 0.2) is 0 Å². The smallest absolute Gasteiger partial charge is 0.319 e. The van der Waals surface area contributed by atoms with Gasteiger partial charge in [-0.2, -0.15) is 5.10 Å². The highest BCUT2D eigenvalue weighted by molar-refractivity contribution is 5.58. The Morgan fingerprint density at radius 2 is 2.17 bits per heavy atom. The second-order valence-electron chi connectivity index (χ2n) is 8.23. The van der Waals surface area contributed by atoms with Crippen molar-refractivity contribution in [3.05, 3.63) is 59.3 Å². The number of rotatable bonds is 4. The Kier molecular flexibility index (Phi) is 3.57. The Hall–Kier alpha value is -3.30. The molecule has 1 unspecified atom stereocenters. The molecule has 5 heterocycles. The van der Waals surface area contributed by atoms with E-state index < -0.39 is 12.5 Å². The zero-order valence-corrected chi connectivity index (χ0v) is 16.2. The summed E-state index contributed by atoms with van der Waals surface area (Å²) in [4.78, 5) is 9.64. The van der Waals surface area contributed by atoms with Gasteiger partial charge in [-0.15, -0.1) is 5.10 Å². The molecule has 1 saturated carbocycles. The van der Waals surface area contributed by atoms with Crippen LogP contribution in [0.15, 0.2) is 35.1 Å². The summed E-state index contributed by atoms with van der Waals surface area (Å²) in [5.41, 5.74) is 2.68. The molecule has 2 aliphatic rings. The number of imidazole rings is 1. The van der Waals surface area contributed by atoms with Crippen molar-refractivity contribution in [1.82, 2.24) is 29.8 Å². The Balaban J connectivity index is 1.48. The lowest BCUT2D eigenvalue weighted by Crippen LogP contribution is -2.37. The van der Waals surface area contributed by atoms with Gasteiger partial charge in [-0.25, -0.2) is 18.3 Å². The van der Waals surface area contributed by atoms with Gasteiger partial charge in [0.05, 0.1) is 23.2 Å². The minimum atomic E-state index is -2.58. The van der Waals surface area contributed by atoms with Gasteiger partial charge in [-0.3, -0.25) is 0 Å². The molecule has 6 rings (SSSR count). The van der Waals surface area contributed by atoms with E-state index in [9.17, 15) is 8.78 Å². The number of nitrogens with one attached hydrogen (secondary N) is 1. The summed E-state index contributed by atoms with van der Waals surface area (Å²) in [6, 6.07) is 4.69. The third-order valence-corrected chi connectivity index (χ3v) is 6.17. The molecule has 1 N–H and O–H groups in total. The molecule has 0 radical (unpaired) electrons. The van der Waals surface area contributed by atoms with Crippen molar-refractivity contribution in [3.63, 3.8) is 0 Å². The topological polar surface area (TPSA) is 88.1 Å². The lowest BCUT2D eigenvalue weighted by molar-refractivity contribution is 0.152. The van der Waals surface area contributed by atoms with Gasteiger partial charge in [-0.1, -0.05) is 12.0 Å². The summed E-state index contributed by atoms with van der Waals surface area (Å²) < 4.78 is 34.5. The van der Waals surface area contributed by atoms with Gasteiger partial charge in [0.1, 0.15) is 6.04 Å². The average Bonchev–Trinajstić information content (AvgIpc) is 3.20. The molecule has 4 aromatic rings. The number of pyridine rings is 1. The van der Waals surface area contributed by atoms with Crippen LogP contribution in [0.2, 0.25) is 0 Å². The van der Waals surface area contributed by atoms with Gasteiger partial charge < -0.3 is 14.3 Å². The van der Waals surface area contributed by atoms with Crippen LogP contribution >= 0.6 is 0 Å². The second-order valence-corrected chi connectivity index (χ2v) is 8.23. The van der Waals surface area contributed by atoms with Crippen LogP contribution in [0.25, 0.3) is 5.52 Å². The fraction of sp³-hybridized carbons (Fsp3) is 0.400. The van der Waals surface area contributed by atoms with Crippen molar-refractivity contribution in [3.8, 4) is 0 Å². The van der Waals surface area contributed by atoms with E-state index in [1.54, 1.807) is 24.7 Å². The molecule has 0 saturated heterocycles. The molecule has 4 aromatic heterocycles. The average molecular weight is 411 g/mol. The highest BCUT2D eigenvalue weighted by Crippen LogP contribution is 2.48. The SMILES string of the molecule is CC1(c2nnc(N3CCc4[nH]cnc4C3c3cc4c(C(F)F)cccn4n3)o2)CC1. The predicted molar refractivity (Wildman–Crippen MR) is 103 cm³/mol. The molecule has 1 aliphatic heterocycles. The number of aromatic amines is 1. The lowest BCUT2D eigenvalue weighted by atomic mass is 10.00. The van der Waals surface area contributed by atoms with Crippen molar-refractivity contribution in [2.45, 2.75) is 44.1 Å². The monoisotopic (exact) mass is 411 g/mol. The Bertz CT molecular complexity index is 1240. The number of hydrogen-bond acceptors (Lipinski definition) is 6. The number of nitrogens with zero attached hydrogens (tertiary/aromatic N) is 6. The number of fused-ring (bicyclic) bond motifs is 2. The maximum Gasteiger partial charge on any atom is 0.319 e. The van der Waals surface area contributed by atoms with E-state index in [1.807, 2.05) is 4.90 Å². The maximum atomic E-state index is 13.5. The van der Waals surface area contributed by atoms with Crippen LogP contribution < -0.4 is 4.90 Å². The molecular formula is C20H19F2N7O. The van der Waals surface area contributed by atoms with E-state index in [0.29, 0.717) is 29.7 Å². The molecule has 8 nitrogen and oxygen atoms in total. The fourth-order valence-electron chi connectivity index (χ4n) is 4.13. The first kappa shape index (κ1) is 17.5. The summed E-state index contributed by atoms with van der Waals surface area (Å²) in [7, 11) is 0. The van der Waals surface area contributed by atoms with Crippen molar-refractivity contribution in [2.75, 3.05) is 11.4 Å². The van der Waals surface area contributed by atoms with Gasteiger partial charge in [0.2, 0.25) is 5.89 Å². The highest BCUT2D eigenvalue weighted by Gasteiger charge is 2.45. The quantitative estimate of drug-likeness (QED) is 0.552. The van der Waals surface area contributed by atoms with Gasteiger partial charge in [0, 0.05) is 35.8 Å². The standard InChI is InChI=1S/C20H19F2N7O/c1-20(5-6-20)18-25-26-19(30-18)28-8-4-12-15(24-10-23-12)16(28)13-9-14-11(17(21)22)3-2-7-29(14)27-13/h2-3,7,9-10,16-17H,4-6,8H2,1H3,(H,23,24). The zero-order chi connectivity index (χ0) is 20.5. The fourth-order valence-corrected chi connectivity index (χ4v) is 4.13. The molecule has 30 heavy (non-hydrogen) atoms. The van der Waals surface area contributed by atoms with Crippen LogP contribution in [0.3, 0.4) is 0 Å². The number of aromatic nitrogens is 6. The van der Waals surface area contributed by atoms with Crippen molar-refractivity contribution < 1.29 is 13.2 Å². The number of hydrogen-bond donors (Lipinski definition) is 1. The van der Waals surface area contributed by atoms with Crippen molar-refractivity contribution in [2.24, 2.45) is 0 Å². The zero-order valence-electron chi connectivity index (χ0n) is 16.2. The highest BCUT2D eigenvalue weighted by atomic mass is 19.3. The predicted octanol–water partition coefficient (Wildman–Crippen LogP) is 3.58. The molecule has 1 aliphatic carbocycles. The van der Waals surface area contributed by atoms with E-state index in [-0.39, 0.29) is 11.0 Å². The van der Waals surface area contributed by atoms with E-state index in [2.05, 4.69) is 32.2 Å². The van der Waals surface area contributed by atoms with Crippen LogP contribution in [-0.4, -0.2) is 36.3 Å². The van der Waals surface area contributed by atoms with Gasteiger partial charge in [0.25, 0.3) is 6.43 Å². The van der Waals surface area contributed by atoms with E-state index in [4.69, 9.17) is 4.42 Å². The number of H-pyrrole nitrogens is 1.